The highest BCUT2D eigenvalue weighted by molar-refractivity contribution is 7.98. The highest BCUT2D eigenvalue weighted by Crippen LogP contribution is 2.29. The number of thioether (sulfide) groups is 1. The Hall–Kier alpha value is -3.89. The summed E-state index contributed by atoms with van der Waals surface area (Å²) in [7, 11) is 1.61. The van der Waals surface area contributed by atoms with E-state index in [9.17, 15) is 14.9 Å². The first-order chi connectivity index (χ1) is 17.4. The van der Waals surface area contributed by atoms with Crippen LogP contribution < -0.4 is 10.1 Å². The molecule has 0 aliphatic heterocycles. The van der Waals surface area contributed by atoms with E-state index in [4.69, 9.17) is 16.3 Å². The lowest BCUT2D eigenvalue weighted by Gasteiger charge is -2.16. The van der Waals surface area contributed by atoms with Crippen molar-refractivity contribution >= 4 is 35.0 Å². The number of nitrogens with zero attached hydrogens (tertiary/aromatic N) is 4. The van der Waals surface area contributed by atoms with Crippen LogP contribution in [0.15, 0.2) is 78.0 Å². The molecular formula is C25H22ClN5O4S. The molecule has 0 fully saturated rings. The monoisotopic (exact) mass is 523 g/mol. The van der Waals surface area contributed by atoms with Gasteiger partial charge in [-0.05, 0) is 61.0 Å². The van der Waals surface area contributed by atoms with Crippen molar-refractivity contribution in [3.8, 4) is 11.4 Å². The van der Waals surface area contributed by atoms with Gasteiger partial charge in [0, 0.05) is 34.2 Å². The lowest BCUT2D eigenvalue weighted by atomic mass is 10.2. The molecule has 0 saturated heterocycles. The maximum atomic E-state index is 12.8. The minimum atomic E-state index is -0.512. The van der Waals surface area contributed by atoms with E-state index in [1.54, 1.807) is 55.0 Å². The van der Waals surface area contributed by atoms with E-state index in [1.165, 1.54) is 23.9 Å². The fourth-order valence-corrected chi connectivity index (χ4v) is 4.51. The predicted molar refractivity (Wildman–Crippen MR) is 138 cm³/mol. The maximum Gasteiger partial charge on any atom is 0.269 e. The van der Waals surface area contributed by atoms with Crippen molar-refractivity contribution in [1.82, 2.24) is 20.1 Å². The Morgan fingerprint density at radius 3 is 2.53 bits per heavy atom. The van der Waals surface area contributed by atoms with Crippen LogP contribution in [-0.2, 0) is 5.75 Å². The number of rotatable bonds is 9. The maximum absolute atomic E-state index is 12.8. The van der Waals surface area contributed by atoms with Crippen LogP contribution >= 0.6 is 23.4 Å². The Kier molecular flexibility index (Phi) is 7.87. The smallest absolute Gasteiger partial charge is 0.269 e. The second-order valence-electron chi connectivity index (χ2n) is 7.79. The molecule has 184 valence electrons. The number of methoxy groups -OCH3 is 1. The third-order valence-corrected chi connectivity index (χ3v) is 6.57. The van der Waals surface area contributed by atoms with E-state index in [-0.39, 0.29) is 11.6 Å². The zero-order valence-corrected chi connectivity index (χ0v) is 21.0. The van der Waals surface area contributed by atoms with Crippen LogP contribution in [0.3, 0.4) is 0 Å². The normalized spacial score (nSPS) is 11.6. The average Bonchev–Trinajstić information content (AvgIpc) is 3.32. The van der Waals surface area contributed by atoms with E-state index < -0.39 is 11.0 Å². The molecule has 0 radical (unpaired) electrons. The Balaban J connectivity index is 1.63. The SMILES string of the molecule is COc1cccc(CSc2nnc(C(C)NC(=O)c3ccc(Cl)cc3)n2-c2ccc([N+](=O)[O-])cc2)c1. The molecule has 36 heavy (non-hydrogen) atoms. The molecule has 3 aromatic carbocycles. The average molecular weight is 524 g/mol. The lowest BCUT2D eigenvalue weighted by Crippen LogP contribution is -2.28. The summed E-state index contributed by atoms with van der Waals surface area (Å²) in [4.78, 5) is 23.5. The predicted octanol–water partition coefficient (Wildman–Crippen LogP) is 5.62. The van der Waals surface area contributed by atoms with Crippen LogP contribution in [0.25, 0.3) is 5.69 Å². The summed E-state index contributed by atoms with van der Waals surface area (Å²) in [5.74, 6) is 1.54. The first-order valence-corrected chi connectivity index (χ1v) is 12.2. The Bertz CT molecular complexity index is 1380. The van der Waals surface area contributed by atoms with Crippen molar-refractivity contribution in [2.24, 2.45) is 0 Å². The van der Waals surface area contributed by atoms with Gasteiger partial charge in [0.25, 0.3) is 11.6 Å². The minimum absolute atomic E-state index is 0.0250. The van der Waals surface area contributed by atoms with Gasteiger partial charge in [0.1, 0.15) is 5.75 Å². The van der Waals surface area contributed by atoms with E-state index in [2.05, 4.69) is 15.5 Å². The molecule has 0 spiro atoms. The number of carbonyl (C=O) groups is 1. The zero-order chi connectivity index (χ0) is 25.7. The number of halogens is 1. The van der Waals surface area contributed by atoms with Crippen LogP contribution in [0.1, 0.15) is 34.7 Å². The van der Waals surface area contributed by atoms with Gasteiger partial charge in [-0.1, -0.05) is 35.5 Å². The van der Waals surface area contributed by atoms with E-state index in [1.807, 2.05) is 24.3 Å². The van der Waals surface area contributed by atoms with Gasteiger partial charge in [-0.15, -0.1) is 10.2 Å². The molecule has 4 rings (SSSR count). The van der Waals surface area contributed by atoms with Crippen molar-refractivity contribution in [3.05, 3.63) is 105 Å². The molecule has 9 nitrogen and oxygen atoms in total. The topological polar surface area (TPSA) is 112 Å². The zero-order valence-electron chi connectivity index (χ0n) is 19.4. The van der Waals surface area contributed by atoms with E-state index in [0.29, 0.717) is 33.0 Å². The van der Waals surface area contributed by atoms with Gasteiger partial charge in [-0.3, -0.25) is 19.5 Å². The summed E-state index contributed by atoms with van der Waals surface area (Å²) >= 11 is 7.38. The molecule has 4 aromatic rings. The number of non-ortho nitro benzene ring substituents is 1. The van der Waals surface area contributed by atoms with Crippen LogP contribution in [0.5, 0.6) is 5.75 Å². The summed E-state index contributed by atoms with van der Waals surface area (Å²) in [6.45, 7) is 1.80. The molecule has 1 unspecified atom stereocenters. The number of benzene rings is 3. The van der Waals surface area contributed by atoms with E-state index in [0.717, 1.165) is 11.3 Å². The third-order valence-electron chi connectivity index (χ3n) is 5.32. The molecule has 0 saturated carbocycles. The third kappa shape index (κ3) is 5.84. The van der Waals surface area contributed by atoms with Crippen molar-refractivity contribution in [1.29, 1.82) is 0 Å². The molecule has 1 N–H and O–H groups in total. The van der Waals surface area contributed by atoms with Gasteiger partial charge < -0.3 is 10.1 Å². The molecule has 1 aromatic heterocycles. The fourth-order valence-electron chi connectivity index (χ4n) is 3.48. The number of hydrogen-bond donors (Lipinski definition) is 1. The number of nitro benzene ring substituents is 1. The van der Waals surface area contributed by atoms with Gasteiger partial charge >= 0.3 is 0 Å². The first-order valence-electron chi connectivity index (χ1n) is 10.9. The number of aromatic nitrogens is 3. The van der Waals surface area contributed by atoms with Gasteiger partial charge in [0.05, 0.1) is 18.1 Å². The van der Waals surface area contributed by atoms with Gasteiger partial charge in [-0.2, -0.15) is 0 Å². The van der Waals surface area contributed by atoms with E-state index >= 15 is 0 Å². The number of hydrogen-bond acceptors (Lipinski definition) is 7. The summed E-state index contributed by atoms with van der Waals surface area (Å²) in [5.41, 5.74) is 2.10. The number of nitro groups is 1. The van der Waals surface area contributed by atoms with Crippen molar-refractivity contribution in [3.63, 3.8) is 0 Å². The van der Waals surface area contributed by atoms with Crippen LogP contribution in [0, 0.1) is 10.1 Å². The molecule has 0 aliphatic carbocycles. The fraction of sp³-hybridized carbons (Fsp3) is 0.160. The quantitative estimate of drug-likeness (QED) is 0.172. The molecule has 1 amide bonds. The highest BCUT2D eigenvalue weighted by Gasteiger charge is 2.22. The van der Waals surface area contributed by atoms with Crippen LogP contribution in [0.4, 0.5) is 5.69 Å². The van der Waals surface area contributed by atoms with Crippen LogP contribution in [-0.4, -0.2) is 32.7 Å². The number of carbonyl (C=O) groups excluding carboxylic acids is 1. The number of nitrogens with one attached hydrogen (secondary N) is 1. The number of amides is 1. The summed E-state index contributed by atoms with van der Waals surface area (Å²) in [6, 6.07) is 19.9. The molecular weight excluding hydrogens is 502 g/mol. The Morgan fingerprint density at radius 2 is 1.86 bits per heavy atom. The van der Waals surface area contributed by atoms with Gasteiger partial charge in [0.2, 0.25) is 0 Å². The molecule has 0 bridgehead atoms. The second-order valence-corrected chi connectivity index (χ2v) is 9.17. The standard InChI is InChI=1S/C25H22ClN5O4S/c1-16(27-24(32)18-6-8-19(26)9-7-18)23-28-29-25(36-15-17-4-3-5-22(14-17)35-2)30(23)20-10-12-21(13-11-20)31(33)34/h3-14,16H,15H2,1-2H3,(H,27,32). The molecule has 1 heterocycles. The minimum Gasteiger partial charge on any atom is -0.497 e. The Labute approximate surface area is 216 Å². The van der Waals surface area contributed by atoms with Crippen LogP contribution in [0.2, 0.25) is 5.02 Å². The number of ether oxygens (including phenoxy) is 1. The van der Waals surface area contributed by atoms with Crippen molar-refractivity contribution < 1.29 is 14.5 Å². The summed E-state index contributed by atoms with van der Waals surface area (Å²) in [5, 5.41) is 23.9. The Morgan fingerprint density at radius 1 is 1.14 bits per heavy atom. The molecule has 1 atom stereocenters. The summed E-state index contributed by atoms with van der Waals surface area (Å²) < 4.78 is 7.09. The van der Waals surface area contributed by atoms with Gasteiger partial charge in [0.15, 0.2) is 11.0 Å². The molecule has 0 aliphatic rings. The largest absolute Gasteiger partial charge is 0.497 e. The second kappa shape index (κ2) is 11.2. The summed E-state index contributed by atoms with van der Waals surface area (Å²) in [6.07, 6.45) is 0. The molecule has 11 heteroatoms. The van der Waals surface area contributed by atoms with Gasteiger partial charge in [-0.25, -0.2) is 0 Å². The highest BCUT2D eigenvalue weighted by atomic mass is 35.5. The first kappa shape index (κ1) is 25.2. The lowest BCUT2D eigenvalue weighted by molar-refractivity contribution is -0.384. The van der Waals surface area contributed by atoms with Crippen molar-refractivity contribution in [2.75, 3.05) is 7.11 Å². The van der Waals surface area contributed by atoms with Crippen molar-refractivity contribution in [2.45, 2.75) is 23.9 Å².